The number of benzene rings is 2. The summed E-state index contributed by atoms with van der Waals surface area (Å²) in [5, 5.41) is 0.810. The molecule has 0 aliphatic carbocycles. The molecule has 0 amide bonds. The van der Waals surface area contributed by atoms with Crippen LogP contribution >= 0.6 is 11.6 Å². The van der Waals surface area contributed by atoms with E-state index in [1.807, 2.05) is 12.1 Å². The van der Waals surface area contributed by atoms with Gasteiger partial charge in [-0.15, -0.1) is 0 Å². The summed E-state index contributed by atoms with van der Waals surface area (Å²) >= 11 is 5.99. The van der Waals surface area contributed by atoms with Gasteiger partial charge in [-0.25, -0.2) is 0 Å². The third-order valence-corrected chi connectivity index (χ3v) is 4.98. The lowest BCUT2D eigenvalue weighted by atomic mass is 9.78. The van der Waals surface area contributed by atoms with Crippen LogP contribution in [-0.2, 0) is 6.42 Å². The highest BCUT2D eigenvalue weighted by Gasteiger charge is 2.22. The van der Waals surface area contributed by atoms with E-state index in [2.05, 4.69) is 64.1 Å². The molecule has 0 bridgehead atoms. The largest absolute Gasteiger partial charge is 0.0843 e. The van der Waals surface area contributed by atoms with Crippen LogP contribution in [0.1, 0.15) is 63.1 Å². The summed E-state index contributed by atoms with van der Waals surface area (Å²) in [6.07, 6.45) is 3.37. The topological polar surface area (TPSA) is 0 Å². The molecular formula is C22H28Cl. The van der Waals surface area contributed by atoms with Crippen molar-refractivity contribution in [2.75, 3.05) is 0 Å². The molecule has 0 N–H and O–H groups in total. The zero-order valence-corrected chi connectivity index (χ0v) is 15.5. The summed E-state index contributed by atoms with van der Waals surface area (Å²) in [6.45, 7) is 9.21. The molecule has 2 aromatic rings. The maximum Gasteiger partial charge on any atom is 0.0406 e. The number of halogens is 1. The summed E-state index contributed by atoms with van der Waals surface area (Å²) in [5.41, 5.74) is 4.29. The van der Waals surface area contributed by atoms with E-state index < -0.39 is 0 Å². The van der Waals surface area contributed by atoms with E-state index in [0.29, 0.717) is 11.8 Å². The molecule has 0 aromatic heterocycles. The van der Waals surface area contributed by atoms with Gasteiger partial charge in [-0.3, -0.25) is 0 Å². The normalized spacial score (nSPS) is 12.8. The standard InChI is InChI=1S/C22H28Cl/c1-5-17(4)21(15-12-18-10-13-19(23)14-11-18)22-9-7-6-8-20(22)16(2)3/h6-11,13-14,16-17H,5,12,15H2,1-4H3. The van der Waals surface area contributed by atoms with E-state index in [-0.39, 0.29) is 0 Å². The van der Waals surface area contributed by atoms with Gasteiger partial charge in [0.25, 0.3) is 0 Å². The van der Waals surface area contributed by atoms with E-state index in [0.717, 1.165) is 17.9 Å². The average molecular weight is 328 g/mol. The Bertz CT molecular complexity index is 598. The smallest absolute Gasteiger partial charge is 0.0406 e. The first kappa shape index (κ1) is 18.1. The van der Waals surface area contributed by atoms with Gasteiger partial charge >= 0.3 is 0 Å². The predicted octanol–water partition coefficient (Wildman–Crippen LogP) is 7.06. The summed E-state index contributed by atoms with van der Waals surface area (Å²) in [4.78, 5) is 0. The maximum atomic E-state index is 5.99. The Morgan fingerprint density at radius 1 is 0.957 bits per heavy atom. The lowest BCUT2D eigenvalue weighted by Gasteiger charge is -2.26. The Kier molecular flexibility index (Phi) is 6.72. The highest BCUT2D eigenvalue weighted by Crippen LogP contribution is 2.35. The number of hydrogen-bond donors (Lipinski definition) is 0. The van der Waals surface area contributed by atoms with Gasteiger partial charge in [0, 0.05) is 10.9 Å². The molecule has 1 heteroatoms. The molecular weight excluding hydrogens is 300 g/mol. The third-order valence-electron chi connectivity index (χ3n) is 4.73. The van der Waals surface area contributed by atoms with Gasteiger partial charge in [-0.05, 0) is 53.5 Å². The van der Waals surface area contributed by atoms with Crippen LogP contribution in [0.15, 0.2) is 48.5 Å². The van der Waals surface area contributed by atoms with Crippen molar-refractivity contribution in [3.05, 3.63) is 76.2 Å². The molecule has 1 unspecified atom stereocenters. The van der Waals surface area contributed by atoms with Crippen molar-refractivity contribution in [3.8, 4) is 0 Å². The Hall–Kier alpha value is -1.27. The van der Waals surface area contributed by atoms with Crippen LogP contribution in [0.4, 0.5) is 0 Å². The summed E-state index contributed by atoms with van der Waals surface area (Å²) < 4.78 is 0. The third kappa shape index (κ3) is 4.85. The number of aryl methyl sites for hydroxylation is 1. The second kappa shape index (κ2) is 8.55. The molecule has 0 nitrogen and oxygen atoms in total. The first-order chi connectivity index (χ1) is 11.0. The van der Waals surface area contributed by atoms with Crippen LogP contribution in [0.25, 0.3) is 0 Å². The van der Waals surface area contributed by atoms with Gasteiger partial charge in [-0.2, -0.15) is 0 Å². The monoisotopic (exact) mass is 327 g/mol. The Morgan fingerprint density at radius 2 is 1.61 bits per heavy atom. The fourth-order valence-electron chi connectivity index (χ4n) is 3.12. The van der Waals surface area contributed by atoms with E-state index in [1.54, 1.807) is 5.92 Å². The van der Waals surface area contributed by atoms with Gasteiger partial charge in [0.15, 0.2) is 0 Å². The molecule has 0 heterocycles. The van der Waals surface area contributed by atoms with Crippen molar-refractivity contribution >= 4 is 11.6 Å². The van der Waals surface area contributed by atoms with E-state index in [4.69, 9.17) is 11.6 Å². The predicted molar refractivity (Wildman–Crippen MR) is 102 cm³/mol. The van der Waals surface area contributed by atoms with Gasteiger partial charge in [0.1, 0.15) is 0 Å². The lowest BCUT2D eigenvalue weighted by molar-refractivity contribution is 0.553. The molecule has 0 aliphatic rings. The molecule has 123 valence electrons. The zero-order valence-electron chi connectivity index (χ0n) is 14.8. The average Bonchev–Trinajstić information content (AvgIpc) is 2.56. The van der Waals surface area contributed by atoms with Crippen LogP contribution in [0.3, 0.4) is 0 Å². The fraction of sp³-hybridized carbons (Fsp3) is 0.409. The minimum absolute atomic E-state index is 0.556. The fourth-order valence-corrected chi connectivity index (χ4v) is 3.24. The number of hydrogen-bond acceptors (Lipinski definition) is 0. The molecule has 0 saturated heterocycles. The van der Waals surface area contributed by atoms with Crippen molar-refractivity contribution in [1.29, 1.82) is 0 Å². The van der Waals surface area contributed by atoms with Gasteiger partial charge in [0.05, 0.1) is 0 Å². The Balaban J connectivity index is 2.22. The van der Waals surface area contributed by atoms with Gasteiger partial charge in [-0.1, -0.05) is 82.1 Å². The molecule has 2 rings (SSSR count). The first-order valence-electron chi connectivity index (χ1n) is 8.72. The first-order valence-corrected chi connectivity index (χ1v) is 9.10. The van der Waals surface area contributed by atoms with Crippen molar-refractivity contribution in [2.45, 2.75) is 52.9 Å². The highest BCUT2D eigenvalue weighted by atomic mass is 35.5. The minimum atomic E-state index is 0.556. The zero-order chi connectivity index (χ0) is 16.8. The van der Waals surface area contributed by atoms with Crippen LogP contribution in [-0.4, -0.2) is 0 Å². The number of rotatable bonds is 7. The molecule has 1 radical (unpaired) electrons. The van der Waals surface area contributed by atoms with Crippen LogP contribution in [0.2, 0.25) is 5.02 Å². The summed E-state index contributed by atoms with van der Waals surface area (Å²) in [5.74, 6) is 2.76. The van der Waals surface area contributed by atoms with Crippen LogP contribution in [0.5, 0.6) is 0 Å². The second-order valence-corrected chi connectivity index (χ2v) is 7.14. The van der Waals surface area contributed by atoms with E-state index in [9.17, 15) is 0 Å². The lowest BCUT2D eigenvalue weighted by Crippen LogP contribution is -2.14. The van der Waals surface area contributed by atoms with E-state index in [1.165, 1.54) is 23.1 Å². The summed E-state index contributed by atoms with van der Waals surface area (Å²) in [7, 11) is 0. The van der Waals surface area contributed by atoms with Crippen molar-refractivity contribution < 1.29 is 0 Å². The van der Waals surface area contributed by atoms with Crippen LogP contribution in [0, 0.1) is 11.8 Å². The molecule has 2 aromatic carbocycles. The Morgan fingerprint density at radius 3 is 2.22 bits per heavy atom. The quantitative estimate of drug-likeness (QED) is 0.510. The van der Waals surface area contributed by atoms with Gasteiger partial charge in [0.2, 0.25) is 0 Å². The van der Waals surface area contributed by atoms with Crippen LogP contribution < -0.4 is 0 Å². The van der Waals surface area contributed by atoms with E-state index >= 15 is 0 Å². The molecule has 23 heavy (non-hydrogen) atoms. The molecule has 0 fully saturated rings. The summed E-state index contributed by atoms with van der Waals surface area (Å²) in [6, 6.07) is 17.2. The van der Waals surface area contributed by atoms with Crippen molar-refractivity contribution in [2.24, 2.45) is 5.92 Å². The van der Waals surface area contributed by atoms with Gasteiger partial charge < -0.3 is 0 Å². The molecule has 0 aliphatic heterocycles. The molecule has 0 saturated carbocycles. The highest BCUT2D eigenvalue weighted by molar-refractivity contribution is 6.30. The van der Waals surface area contributed by atoms with Crippen molar-refractivity contribution in [1.82, 2.24) is 0 Å². The maximum absolute atomic E-state index is 5.99. The minimum Gasteiger partial charge on any atom is -0.0843 e. The Labute approximate surface area is 146 Å². The van der Waals surface area contributed by atoms with Crippen molar-refractivity contribution in [3.63, 3.8) is 0 Å². The molecule has 1 atom stereocenters. The molecule has 0 spiro atoms. The second-order valence-electron chi connectivity index (χ2n) is 6.70. The SMILES string of the molecule is CCC(C)[C](CCc1ccc(Cl)cc1)c1ccccc1C(C)C.